The predicted octanol–water partition coefficient (Wildman–Crippen LogP) is 1.19. The molecule has 2 aliphatic heterocycles. The maximum atomic E-state index is 11.8. The van der Waals surface area contributed by atoms with Gasteiger partial charge in [0.05, 0.1) is 12.0 Å². The Morgan fingerprint density at radius 1 is 1.44 bits per heavy atom. The van der Waals surface area contributed by atoms with Gasteiger partial charge in [-0.25, -0.2) is 0 Å². The number of nitrogens with one attached hydrogen (secondary N) is 2. The van der Waals surface area contributed by atoms with Crippen molar-refractivity contribution in [1.82, 2.24) is 10.6 Å². The molecule has 1 amide bonds. The average Bonchev–Trinajstić information content (AvgIpc) is 2.24. The summed E-state index contributed by atoms with van der Waals surface area (Å²) in [6, 6.07) is 0. The number of ether oxygens (including phenoxy) is 1. The highest BCUT2D eigenvalue weighted by Gasteiger charge is 2.30. The van der Waals surface area contributed by atoms with E-state index in [1.807, 2.05) is 0 Å². The molecule has 4 nitrogen and oxygen atoms in total. The number of carbonyl (C=O) groups excluding carboxylic acids is 1. The summed E-state index contributed by atoms with van der Waals surface area (Å²) < 4.78 is 5.82. The molecule has 2 heterocycles. The molecule has 106 valence electrons. The van der Waals surface area contributed by atoms with E-state index in [4.69, 9.17) is 4.74 Å². The minimum Gasteiger partial charge on any atom is -0.378 e. The van der Waals surface area contributed by atoms with E-state index in [-0.39, 0.29) is 24.2 Å². The van der Waals surface area contributed by atoms with Crippen LogP contribution in [0, 0.1) is 17.8 Å². The van der Waals surface area contributed by atoms with E-state index >= 15 is 0 Å². The lowest BCUT2D eigenvalue weighted by Crippen LogP contribution is -2.52. The molecule has 2 atom stereocenters. The predicted molar refractivity (Wildman–Crippen MR) is 73.9 cm³/mol. The fourth-order valence-electron chi connectivity index (χ4n) is 2.67. The molecule has 2 unspecified atom stereocenters. The smallest absolute Gasteiger partial charge is 0.225 e. The summed E-state index contributed by atoms with van der Waals surface area (Å²) in [6.45, 7) is 7.71. The van der Waals surface area contributed by atoms with Gasteiger partial charge in [-0.3, -0.25) is 4.79 Å². The second kappa shape index (κ2) is 7.31. The van der Waals surface area contributed by atoms with Crippen LogP contribution in [0.5, 0.6) is 0 Å². The molecule has 2 fully saturated rings. The Hall–Kier alpha value is -0.320. The molecule has 2 rings (SSSR count). The fourth-order valence-corrected chi connectivity index (χ4v) is 2.67. The quantitative estimate of drug-likeness (QED) is 0.811. The largest absolute Gasteiger partial charge is 0.378 e. The number of amides is 1. The summed E-state index contributed by atoms with van der Waals surface area (Å²) in [7, 11) is 0. The Labute approximate surface area is 116 Å². The van der Waals surface area contributed by atoms with Crippen LogP contribution in [-0.2, 0) is 9.53 Å². The van der Waals surface area contributed by atoms with Gasteiger partial charge in [-0.2, -0.15) is 0 Å². The lowest BCUT2D eigenvalue weighted by molar-refractivity contribution is -0.127. The van der Waals surface area contributed by atoms with Crippen molar-refractivity contribution in [2.45, 2.75) is 32.8 Å². The van der Waals surface area contributed by atoms with E-state index in [0.717, 1.165) is 32.7 Å². The normalized spacial score (nSPS) is 28.4. The van der Waals surface area contributed by atoms with Crippen LogP contribution in [0.1, 0.15) is 26.7 Å². The molecular weight excluding hydrogens is 252 g/mol. The first-order valence-electron chi connectivity index (χ1n) is 6.78. The van der Waals surface area contributed by atoms with Gasteiger partial charge in [-0.1, -0.05) is 13.8 Å². The molecule has 0 radical (unpaired) electrons. The first-order chi connectivity index (χ1) is 8.18. The third kappa shape index (κ3) is 3.84. The third-order valence-corrected chi connectivity index (χ3v) is 3.84. The van der Waals surface area contributed by atoms with Crippen molar-refractivity contribution in [3.63, 3.8) is 0 Å². The highest BCUT2D eigenvalue weighted by molar-refractivity contribution is 5.85. The number of carbonyl (C=O) groups is 1. The van der Waals surface area contributed by atoms with E-state index in [2.05, 4.69) is 24.5 Å². The fraction of sp³-hybridized carbons (Fsp3) is 0.923. The van der Waals surface area contributed by atoms with Crippen LogP contribution in [0.15, 0.2) is 0 Å². The lowest BCUT2D eigenvalue weighted by atomic mass is 9.87. The Kier molecular flexibility index (Phi) is 6.39. The van der Waals surface area contributed by atoms with Crippen molar-refractivity contribution in [2.75, 3.05) is 26.2 Å². The Morgan fingerprint density at radius 3 is 2.72 bits per heavy atom. The maximum Gasteiger partial charge on any atom is 0.225 e. The average molecular weight is 277 g/mol. The van der Waals surface area contributed by atoms with Crippen molar-refractivity contribution in [1.29, 1.82) is 0 Å². The molecule has 2 N–H and O–H groups in total. The van der Waals surface area contributed by atoms with E-state index in [9.17, 15) is 4.79 Å². The van der Waals surface area contributed by atoms with Gasteiger partial charge in [0.15, 0.2) is 0 Å². The molecule has 2 saturated heterocycles. The summed E-state index contributed by atoms with van der Waals surface area (Å²) >= 11 is 0. The highest BCUT2D eigenvalue weighted by Crippen LogP contribution is 2.25. The van der Waals surface area contributed by atoms with Gasteiger partial charge in [0.1, 0.15) is 0 Å². The molecule has 0 bridgehead atoms. The van der Waals surface area contributed by atoms with Crippen LogP contribution in [0.3, 0.4) is 0 Å². The van der Waals surface area contributed by atoms with Gasteiger partial charge in [-0.05, 0) is 18.8 Å². The van der Waals surface area contributed by atoms with Crippen molar-refractivity contribution >= 4 is 18.3 Å². The van der Waals surface area contributed by atoms with Gasteiger partial charge in [-0.15, -0.1) is 12.4 Å². The van der Waals surface area contributed by atoms with Crippen LogP contribution in [0.4, 0.5) is 0 Å². The number of hydrogen-bond donors (Lipinski definition) is 2. The van der Waals surface area contributed by atoms with Gasteiger partial charge in [0.2, 0.25) is 5.91 Å². The van der Waals surface area contributed by atoms with E-state index < -0.39 is 0 Å². The lowest BCUT2D eigenvalue weighted by Gasteiger charge is -2.35. The minimum absolute atomic E-state index is 0. The molecule has 0 aliphatic carbocycles. The van der Waals surface area contributed by atoms with Crippen LogP contribution in [0.25, 0.3) is 0 Å². The third-order valence-electron chi connectivity index (χ3n) is 3.84. The van der Waals surface area contributed by atoms with Crippen LogP contribution in [0.2, 0.25) is 0 Å². The zero-order valence-electron chi connectivity index (χ0n) is 11.3. The Morgan fingerprint density at radius 2 is 2.17 bits per heavy atom. The number of hydrogen-bond acceptors (Lipinski definition) is 3. The molecule has 0 aromatic carbocycles. The summed E-state index contributed by atoms with van der Waals surface area (Å²) in [5.74, 6) is 1.41. The minimum atomic E-state index is 0. The van der Waals surface area contributed by atoms with Crippen molar-refractivity contribution in [2.24, 2.45) is 17.8 Å². The van der Waals surface area contributed by atoms with E-state index in [1.54, 1.807) is 0 Å². The highest BCUT2D eigenvalue weighted by atomic mass is 35.5. The summed E-state index contributed by atoms with van der Waals surface area (Å²) in [6.07, 6.45) is 2.60. The number of halogens is 1. The van der Waals surface area contributed by atoms with Crippen LogP contribution >= 0.6 is 12.4 Å². The second-order valence-electron chi connectivity index (χ2n) is 5.58. The molecule has 0 aromatic heterocycles. The first kappa shape index (κ1) is 15.7. The summed E-state index contributed by atoms with van der Waals surface area (Å²) in [4.78, 5) is 11.8. The Balaban J connectivity index is 0.00000162. The van der Waals surface area contributed by atoms with Crippen molar-refractivity contribution in [3.8, 4) is 0 Å². The van der Waals surface area contributed by atoms with Crippen LogP contribution < -0.4 is 10.6 Å². The summed E-state index contributed by atoms with van der Waals surface area (Å²) in [5, 5.41) is 6.20. The van der Waals surface area contributed by atoms with Gasteiger partial charge >= 0.3 is 0 Å². The molecule has 18 heavy (non-hydrogen) atoms. The number of rotatable bonds is 4. The zero-order valence-corrected chi connectivity index (χ0v) is 12.1. The SMILES string of the molecule is CC(C)C1OCCCC1CNC(=O)C1CNC1.Cl. The molecule has 5 heteroatoms. The molecular formula is C13H25ClN2O2. The van der Waals surface area contributed by atoms with Crippen molar-refractivity contribution in [3.05, 3.63) is 0 Å². The molecule has 2 aliphatic rings. The van der Waals surface area contributed by atoms with Gasteiger partial charge in [0, 0.05) is 32.2 Å². The second-order valence-corrected chi connectivity index (χ2v) is 5.58. The molecule has 0 aromatic rings. The van der Waals surface area contributed by atoms with Gasteiger partial charge < -0.3 is 15.4 Å². The van der Waals surface area contributed by atoms with Gasteiger partial charge in [0.25, 0.3) is 0 Å². The molecule has 0 saturated carbocycles. The van der Waals surface area contributed by atoms with E-state index in [0.29, 0.717) is 17.9 Å². The topological polar surface area (TPSA) is 50.4 Å². The molecule has 0 spiro atoms. The maximum absolute atomic E-state index is 11.8. The van der Waals surface area contributed by atoms with Crippen LogP contribution in [-0.4, -0.2) is 38.3 Å². The first-order valence-corrected chi connectivity index (χ1v) is 6.78. The standard InChI is InChI=1S/C13H24N2O2.ClH/c1-9(2)12-10(4-3-5-17-12)8-15-13(16)11-6-14-7-11;/h9-12,14H,3-8H2,1-2H3,(H,15,16);1H. The Bertz CT molecular complexity index is 270. The van der Waals surface area contributed by atoms with E-state index in [1.165, 1.54) is 6.42 Å². The monoisotopic (exact) mass is 276 g/mol. The summed E-state index contributed by atoms with van der Waals surface area (Å²) in [5.41, 5.74) is 0. The zero-order chi connectivity index (χ0) is 12.3. The van der Waals surface area contributed by atoms with Crippen molar-refractivity contribution < 1.29 is 9.53 Å².